The molecular formula is C4H12MgSi. The fraction of sp³-hybridized carbons (Fsp3) is 1.00. The second-order valence-electron chi connectivity index (χ2n) is 2.91. The van der Waals surface area contributed by atoms with Gasteiger partial charge in [-0.2, -0.15) is 5.05 Å². The Morgan fingerprint density at radius 2 is 1.33 bits per heavy atom. The van der Waals surface area contributed by atoms with E-state index in [4.69, 9.17) is 0 Å². The Bertz CT molecular complexity index is 37.3. The summed E-state index contributed by atoms with van der Waals surface area (Å²) in [5, 5.41) is 2.41. The maximum atomic E-state index is 2.44. The van der Waals surface area contributed by atoms with Crippen molar-refractivity contribution in [2.75, 3.05) is 0 Å². The molecule has 0 aromatic rings. The van der Waals surface area contributed by atoms with Crippen molar-refractivity contribution in [1.29, 1.82) is 0 Å². The summed E-state index contributed by atoms with van der Waals surface area (Å²) in [4.78, 5) is 0. The van der Waals surface area contributed by atoms with Crippen LogP contribution >= 0.6 is 0 Å². The van der Waals surface area contributed by atoms with Crippen LogP contribution in [0.2, 0.25) is 24.7 Å². The van der Waals surface area contributed by atoms with Crippen molar-refractivity contribution in [1.82, 2.24) is 0 Å². The van der Waals surface area contributed by atoms with E-state index in [1.54, 1.807) is 0 Å². The Labute approximate surface area is 50.2 Å². The highest BCUT2D eigenvalue weighted by atomic mass is 28.5. The smallest absolute Gasteiger partial charge is 0.159 e. The van der Waals surface area contributed by atoms with Crippen LogP contribution in [0.15, 0.2) is 0 Å². The Kier molecular flexibility index (Phi) is 2.71. The van der Waals surface area contributed by atoms with Crippen molar-refractivity contribution in [2.45, 2.75) is 24.7 Å². The fourth-order valence-electron chi connectivity index (χ4n) is 0. The van der Waals surface area contributed by atoms with E-state index in [0.717, 1.165) is 0 Å². The van der Waals surface area contributed by atoms with E-state index in [1.807, 2.05) is 0 Å². The van der Waals surface area contributed by atoms with Crippen LogP contribution in [0.1, 0.15) is 0 Å². The Balaban J connectivity index is 3.17. The maximum absolute atomic E-state index is 2.44. The second-order valence-corrected chi connectivity index (χ2v) is 17.2. The molecule has 0 rings (SSSR count). The number of hydrogen-bond donors (Lipinski definition) is 0. The zero-order chi connectivity index (χ0) is 5.21. The molecule has 0 atom stereocenters. The van der Waals surface area contributed by atoms with E-state index in [2.05, 4.69) is 24.7 Å². The molecule has 0 spiro atoms. The SMILES string of the molecule is [CH3][Mg][Si](C)(C)C. The van der Waals surface area contributed by atoms with Gasteiger partial charge in [0.15, 0.2) is 0 Å². The Morgan fingerprint density at radius 1 is 1.17 bits per heavy atom. The first-order valence-corrected chi connectivity index (χ1v) is 9.80. The molecule has 0 radical (unpaired) electrons. The van der Waals surface area contributed by atoms with Crippen LogP contribution in [0.3, 0.4) is 0 Å². The predicted octanol–water partition coefficient (Wildman–Crippen LogP) is 1.57. The molecule has 0 heterocycles. The molecule has 0 fully saturated rings. The maximum Gasteiger partial charge on any atom is 0.359 e. The van der Waals surface area contributed by atoms with Crippen molar-refractivity contribution in [3.63, 3.8) is 0 Å². The lowest BCUT2D eigenvalue weighted by Crippen LogP contribution is -2.26. The highest BCUT2D eigenvalue weighted by Gasteiger charge is 2.09. The first-order chi connectivity index (χ1) is 2.56. The van der Waals surface area contributed by atoms with E-state index >= 15 is 0 Å². The topological polar surface area (TPSA) is 0 Å². The van der Waals surface area contributed by atoms with Gasteiger partial charge < -0.3 is 0 Å². The molecule has 0 N–H and O–H groups in total. The third kappa shape index (κ3) is 4.98. The summed E-state index contributed by atoms with van der Waals surface area (Å²) in [6.07, 6.45) is 0. The fourth-order valence-corrected chi connectivity index (χ4v) is 0. The van der Waals surface area contributed by atoms with Gasteiger partial charge in [-0.15, -0.1) is 0 Å². The zero-order valence-electron chi connectivity index (χ0n) is 5.21. The lowest BCUT2D eigenvalue weighted by Gasteiger charge is -2.09. The number of hydrogen-bond acceptors (Lipinski definition) is 0. The largest absolute Gasteiger partial charge is 0.359 e. The lowest BCUT2D eigenvalue weighted by atomic mass is 11.8. The van der Waals surface area contributed by atoms with Crippen molar-refractivity contribution in [2.24, 2.45) is 0 Å². The van der Waals surface area contributed by atoms with Gasteiger partial charge in [-0.05, 0) is 0 Å². The normalized spacial score (nSPS) is 10.7. The Morgan fingerprint density at radius 3 is 1.33 bits per heavy atom. The van der Waals surface area contributed by atoms with Gasteiger partial charge in [-0.1, -0.05) is 25.4 Å². The van der Waals surface area contributed by atoms with Crippen LogP contribution in [-0.4, -0.2) is 25.3 Å². The van der Waals surface area contributed by atoms with Crippen LogP contribution in [-0.2, 0) is 0 Å². The van der Waals surface area contributed by atoms with Crippen LogP contribution in [0, 0.1) is 0 Å². The minimum atomic E-state index is -0.492. The van der Waals surface area contributed by atoms with Crippen molar-refractivity contribution >= 4 is 25.3 Å². The van der Waals surface area contributed by atoms with E-state index in [1.165, 1.54) is 0 Å². The summed E-state index contributed by atoms with van der Waals surface area (Å²) in [5.74, 6) is 0. The van der Waals surface area contributed by atoms with E-state index < -0.39 is 5.72 Å². The molecule has 0 saturated heterocycles. The molecular weight excluding hydrogens is 100 g/mol. The molecule has 0 aromatic carbocycles. The van der Waals surface area contributed by atoms with Gasteiger partial charge >= 0.3 is 19.6 Å². The summed E-state index contributed by atoms with van der Waals surface area (Å²) >= 11 is 0.391. The van der Waals surface area contributed by atoms with Crippen molar-refractivity contribution in [3.8, 4) is 0 Å². The van der Waals surface area contributed by atoms with E-state index in [9.17, 15) is 0 Å². The summed E-state index contributed by atoms with van der Waals surface area (Å²) < 4.78 is 0. The van der Waals surface area contributed by atoms with Gasteiger partial charge in [0.05, 0.1) is 0 Å². The van der Waals surface area contributed by atoms with E-state index in [-0.39, 0.29) is 0 Å². The molecule has 0 amide bonds. The van der Waals surface area contributed by atoms with Crippen LogP contribution in [0.25, 0.3) is 0 Å². The Hall–Kier alpha value is 0.983. The summed E-state index contributed by atoms with van der Waals surface area (Å²) in [6.45, 7) is 7.33. The molecule has 34 valence electrons. The first-order valence-electron chi connectivity index (χ1n) is 2.56. The average molecular weight is 113 g/mol. The molecule has 0 bridgehead atoms. The molecule has 0 unspecified atom stereocenters. The van der Waals surface area contributed by atoms with Gasteiger partial charge in [0.1, 0.15) is 0 Å². The van der Waals surface area contributed by atoms with Crippen LogP contribution < -0.4 is 0 Å². The van der Waals surface area contributed by atoms with Gasteiger partial charge in [0.25, 0.3) is 0 Å². The minimum Gasteiger partial charge on any atom is -0.159 e. The van der Waals surface area contributed by atoms with Gasteiger partial charge in [0, 0.05) is 0 Å². The number of rotatable bonds is 1. The highest BCUT2D eigenvalue weighted by molar-refractivity contribution is 7.22. The van der Waals surface area contributed by atoms with Crippen LogP contribution in [0.5, 0.6) is 0 Å². The predicted molar refractivity (Wildman–Crippen MR) is 35.0 cm³/mol. The first kappa shape index (κ1) is 6.98. The summed E-state index contributed by atoms with van der Waals surface area (Å²) in [5.41, 5.74) is -0.492. The quantitative estimate of drug-likeness (QED) is 0.452. The third-order valence-corrected chi connectivity index (χ3v) is 9.55. The third-order valence-electron chi connectivity index (χ3n) is 1.06. The highest BCUT2D eigenvalue weighted by Crippen LogP contribution is 1.94. The molecule has 0 aliphatic heterocycles. The molecule has 0 aliphatic rings. The molecule has 0 aromatic heterocycles. The van der Waals surface area contributed by atoms with Crippen molar-refractivity contribution in [3.05, 3.63) is 0 Å². The molecule has 0 nitrogen and oxygen atoms in total. The molecule has 6 heavy (non-hydrogen) atoms. The van der Waals surface area contributed by atoms with Crippen molar-refractivity contribution < 1.29 is 0 Å². The van der Waals surface area contributed by atoms with Crippen LogP contribution in [0.4, 0.5) is 0 Å². The zero-order valence-corrected chi connectivity index (χ0v) is 7.62. The summed E-state index contributed by atoms with van der Waals surface area (Å²) in [7, 11) is 0. The molecule has 0 saturated carbocycles. The van der Waals surface area contributed by atoms with Gasteiger partial charge in [0.2, 0.25) is 0 Å². The monoisotopic (exact) mass is 112 g/mol. The minimum absolute atomic E-state index is 0.391. The molecule has 0 aliphatic carbocycles. The summed E-state index contributed by atoms with van der Waals surface area (Å²) in [6, 6.07) is 0. The van der Waals surface area contributed by atoms with Gasteiger partial charge in [-0.25, -0.2) is 0 Å². The van der Waals surface area contributed by atoms with E-state index in [0.29, 0.717) is 19.6 Å². The second kappa shape index (κ2) is 2.33. The standard InChI is InChI=1S/C3H9Si.CH3.Mg/c1-4(2)3;;/h1-3H3;1H3;. The average Bonchev–Trinajstić information content (AvgIpc) is 1.35. The molecule has 2 heteroatoms. The lowest BCUT2D eigenvalue weighted by molar-refractivity contribution is 1.85. The van der Waals surface area contributed by atoms with Gasteiger partial charge in [-0.3, -0.25) is 0 Å².